The van der Waals surface area contributed by atoms with Crippen molar-refractivity contribution in [3.8, 4) is 0 Å². The Kier molecular flexibility index (Phi) is 5.17. The molecule has 0 bridgehead atoms. The van der Waals surface area contributed by atoms with Crippen LogP contribution in [0.2, 0.25) is 5.02 Å². The van der Waals surface area contributed by atoms with Gasteiger partial charge < -0.3 is 10.6 Å². The fourth-order valence-electron chi connectivity index (χ4n) is 1.93. The quantitative estimate of drug-likeness (QED) is 0.883. The average Bonchev–Trinajstić information content (AvgIpc) is 2.47. The van der Waals surface area contributed by atoms with Crippen LogP contribution in [0.4, 0.5) is 10.1 Å². The highest BCUT2D eigenvalue weighted by molar-refractivity contribution is 6.33. The first-order chi connectivity index (χ1) is 10.1. The first-order valence-corrected chi connectivity index (χ1v) is 6.97. The summed E-state index contributed by atoms with van der Waals surface area (Å²) in [4.78, 5) is 11.9. The zero-order valence-electron chi connectivity index (χ0n) is 11.6. The molecule has 0 aliphatic carbocycles. The maximum atomic E-state index is 12.9. The third kappa shape index (κ3) is 4.46. The molecule has 21 heavy (non-hydrogen) atoms. The van der Waals surface area contributed by atoms with Crippen LogP contribution >= 0.6 is 11.6 Å². The van der Waals surface area contributed by atoms with E-state index in [2.05, 4.69) is 10.6 Å². The number of hydrogen-bond acceptors (Lipinski definition) is 2. The van der Waals surface area contributed by atoms with Crippen LogP contribution < -0.4 is 10.6 Å². The van der Waals surface area contributed by atoms with E-state index in [-0.39, 0.29) is 23.5 Å². The van der Waals surface area contributed by atoms with Crippen molar-refractivity contribution in [3.05, 3.63) is 64.9 Å². The number of amides is 1. The standard InChI is InChI=1S/C16H16ClFN2O/c1-11(12-5-3-2-4-6-12)20-16(21)10-19-15-8-7-13(18)9-14(15)17/h2-9,11,19H,10H2,1H3,(H,20,21)/t11-/m0/s1. The maximum Gasteiger partial charge on any atom is 0.239 e. The zero-order valence-corrected chi connectivity index (χ0v) is 12.3. The molecule has 2 rings (SSSR count). The van der Waals surface area contributed by atoms with Crippen molar-refractivity contribution in [2.24, 2.45) is 0 Å². The number of anilines is 1. The maximum absolute atomic E-state index is 12.9. The number of rotatable bonds is 5. The van der Waals surface area contributed by atoms with Crippen molar-refractivity contribution in [3.63, 3.8) is 0 Å². The van der Waals surface area contributed by atoms with Gasteiger partial charge in [0.05, 0.1) is 23.3 Å². The van der Waals surface area contributed by atoms with Gasteiger partial charge in [0, 0.05) is 0 Å². The Morgan fingerprint density at radius 2 is 1.95 bits per heavy atom. The van der Waals surface area contributed by atoms with Crippen LogP contribution in [0.5, 0.6) is 0 Å². The molecule has 0 aliphatic rings. The van der Waals surface area contributed by atoms with Crippen LogP contribution in [0.3, 0.4) is 0 Å². The van der Waals surface area contributed by atoms with Gasteiger partial charge in [-0.2, -0.15) is 0 Å². The second kappa shape index (κ2) is 7.09. The smallest absolute Gasteiger partial charge is 0.239 e. The molecule has 0 aliphatic heterocycles. The summed E-state index contributed by atoms with van der Waals surface area (Å²) in [6.45, 7) is 1.99. The lowest BCUT2D eigenvalue weighted by Gasteiger charge is -2.15. The first kappa shape index (κ1) is 15.3. The average molecular weight is 307 g/mol. The van der Waals surface area contributed by atoms with E-state index in [4.69, 9.17) is 11.6 Å². The Hall–Kier alpha value is -2.07. The fraction of sp³-hybridized carbons (Fsp3) is 0.188. The van der Waals surface area contributed by atoms with Crippen LogP contribution in [-0.2, 0) is 4.79 Å². The molecular formula is C16H16ClFN2O. The number of hydrogen-bond donors (Lipinski definition) is 2. The van der Waals surface area contributed by atoms with E-state index >= 15 is 0 Å². The normalized spacial score (nSPS) is 11.8. The second-order valence-electron chi connectivity index (χ2n) is 4.68. The van der Waals surface area contributed by atoms with Crippen molar-refractivity contribution >= 4 is 23.2 Å². The summed E-state index contributed by atoms with van der Waals surface area (Å²) in [6.07, 6.45) is 0. The van der Waals surface area contributed by atoms with Crippen LogP contribution in [-0.4, -0.2) is 12.5 Å². The Balaban J connectivity index is 1.87. The second-order valence-corrected chi connectivity index (χ2v) is 5.08. The Labute approximate surface area is 128 Å². The van der Waals surface area contributed by atoms with Gasteiger partial charge in [0.15, 0.2) is 0 Å². The number of carbonyl (C=O) groups is 1. The molecule has 5 heteroatoms. The highest BCUT2D eigenvalue weighted by Crippen LogP contribution is 2.22. The van der Waals surface area contributed by atoms with Crippen LogP contribution in [0.25, 0.3) is 0 Å². The molecule has 0 fully saturated rings. The van der Waals surface area contributed by atoms with Gasteiger partial charge in [0.1, 0.15) is 5.82 Å². The van der Waals surface area contributed by atoms with Gasteiger partial charge in [-0.25, -0.2) is 4.39 Å². The molecule has 0 aromatic heterocycles. The van der Waals surface area contributed by atoms with Crippen molar-refractivity contribution in [2.75, 3.05) is 11.9 Å². The predicted molar refractivity (Wildman–Crippen MR) is 82.9 cm³/mol. The van der Waals surface area contributed by atoms with E-state index in [9.17, 15) is 9.18 Å². The molecular weight excluding hydrogens is 291 g/mol. The van der Waals surface area contributed by atoms with Gasteiger partial charge >= 0.3 is 0 Å². The molecule has 0 radical (unpaired) electrons. The van der Waals surface area contributed by atoms with Gasteiger partial charge in [0.25, 0.3) is 0 Å². The highest BCUT2D eigenvalue weighted by Gasteiger charge is 2.09. The van der Waals surface area contributed by atoms with Crippen LogP contribution in [0.1, 0.15) is 18.5 Å². The number of benzene rings is 2. The summed E-state index contributed by atoms with van der Waals surface area (Å²) in [5.41, 5.74) is 1.56. The van der Waals surface area contributed by atoms with Gasteiger partial charge in [0.2, 0.25) is 5.91 Å². The Morgan fingerprint density at radius 1 is 1.24 bits per heavy atom. The minimum atomic E-state index is -0.410. The molecule has 0 spiro atoms. The molecule has 2 aromatic rings. The Morgan fingerprint density at radius 3 is 2.62 bits per heavy atom. The van der Waals surface area contributed by atoms with E-state index in [1.807, 2.05) is 37.3 Å². The molecule has 2 N–H and O–H groups in total. The van der Waals surface area contributed by atoms with E-state index in [1.165, 1.54) is 18.2 Å². The van der Waals surface area contributed by atoms with Gasteiger partial charge in [-0.15, -0.1) is 0 Å². The largest absolute Gasteiger partial charge is 0.375 e. The molecule has 1 atom stereocenters. The van der Waals surface area contributed by atoms with E-state index in [0.717, 1.165) is 5.56 Å². The molecule has 0 saturated carbocycles. The van der Waals surface area contributed by atoms with Crippen molar-refractivity contribution < 1.29 is 9.18 Å². The van der Waals surface area contributed by atoms with Crippen molar-refractivity contribution in [2.45, 2.75) is 13.0 Å². The summed E-state index contributed by atoms with van der Waals surface area (Å²) in [5.74, 6) is -0.570. The number of carbonyl (C=O) groups excluding carboxylic acids is 1. The summed E-state index contributed by atoms with van der Waals surface area (Å²) in [6, 6.07) is 13.6. The van der Waals surface area contributed by atoms with E-state index in [0.29, 0.717) is 5.69 Å². The van der Waals surface area contributed by atoms with Gasteiger partial charge in [-0.05, 0) is 30.7 Å². The van der Waals surface area contributed by atoms with E-state index < -0.39 is 5.82 Å². The fourth-order valence-corrected chi connectivity index (χ4v) is 2.16. The third-order valence-electron chi connectivity index (χ3n) is 3.05. The molecule has 0 heterocycles. The van der Waals surface area contributed by atoms with E-state index in [1.54, 1.807) is 0 Å². The summed E-state index contributed by atoms with van der Waals surface area (Å²) in [7, 11) is 0. The molecule has 2 aromatic carbocycles. The molecule has 0 unspecified atom stereocenters. The summed E-state index contributed by atoms with van der Waals surface area (Å²) in [5, 5.41) is 6.01. The zero-order chi connectivity index (χ0) is 15.2. The minimum absolute atomic E-state index is 0.0720. The molecule has 110 valence electrons. The van der Waals surface area contributed by atoms with Crippen molar-refractivity contribution in [1.29, 1.82) is 0 Å². The molecule has 0 saturated heterocycles. The van der Waals surface area contributed by atoms with Crippen LogP contribution in [0, 0.1) is 5.82 Å². The summed E-state index contributed by atoms with van der Waals surface area (Å²) < 4.78 is 12.9. The SMILES string of the molecule is C[C@H](NC(=O)CNc1ccc(F)cc1Cl)c1ccccc1. The van der Waals surface area contributed by atoms with Gasteiger partial charge in [-0.1, -0.05) is 41.9 Å². The van der Waals surface area contributed by atoms with Gasteiger partial charge in [-0.3, -0.25) is 4.79 Å². The minimum Gasteiger partial charge on any atom is -0.375 e. The first-order valence-electron chi connectivity index (χ1n) is 6.59. The lowest BCUT2D eigenvalue weighted by atomic mass is 10.1. The summed E-state index contributed by atoms with van der Waals surface area (Å²) >= 11 is 5.88. The topological polar surface area (TPSA) is 41.1 Å². The lowest BCUT2D eigenvalue weighted by molar-refractivity contribution is -0.120. The van der Waals surface area contributed by atoms with Crippen LogP contribution in [0.15, 0.2) is 48.5 Å². The predicted octanol–water partition coefficient (Wildman–Crippen LogP) is 3.77. The molecule has 3 nitrogen and oxygen atoms in total. The Bertz CT molecular complexity index is 619. The lowest BCUT2D eigenvalue weighted by Crippen LogP contribution is -2.32. The molecule has 1 amide bonds. The number of nitrogens with one attached hydrogen (secondary N) is 2. The number of halogens is 2. The highest BCUT2D eigenvalue weighted by atomic mass is 35.5. The monoisotopic (exact) mass is 306 g/mol. The third-order valence-corrected chi connectivity index (χ3v) is 3.36. The van der Waals surface area contributed by atoms with Crippen molar-refractivity contribution in [1.82, 2.24) is 5.32 Å².